The van der Waals surface area contributed by atoms with Gasteiger partial charge in [0.15, 0.2) is 0 Å². The molecule has 0 fully saturated rings. The van der Waals surface area contributed by atoms with Crippen molar-refractivity contribution in [2.24, 2.45) is 0 Å². The number of carboxylic acids is 2. The number of aromatic hydroxyl groups is 1. The summed E-state index contributed by atoms with van der Waals surface area (Å²) in [4.78, 5) is 32.8. The van der Waals surface area contributed by atoms with E-state index >= 15 is 0 Å². The topological polar surface area (TPSA) is 124 Å². The Morgan fingerprint density at radius 1 is 1.21 bits per heavy atom. The molecule has 1 aromatic rings. The van der Waals surface area contributed by atoms with Gasteiger partial charge in [-0.2, -0.15) is 0 Å². The molecule has 19 heavy (non-hydrogen) atoms. The summed E-state index contributed by atoms with van der Waals surface area (Å²) in [6.07, 6.45) is -0.834. The van der Waals surface area contributed by atoms with Crippen molar-refractivity contribution in [2.75, 3.05) is 0 Å². The first-order valence-electron chi connectivity index (χ1n) is 5.40. The van der Waals surface area contributed by atoms with Crippen molar-refractivity contribution in [1.29, 1.82) is 0 Å². The number of aliphatic carboxylic acids is 2. The van der Waals surface area contributed by atoms with Gasteiger partial charge < -0.3 is 20.6 Å². The number of benzene rings is 1. The third-order valence-corrected chi connectivity index (χ3v) is 2.29. The van der Waals surface area contributed by atoms with Crippen LogP contribution in [0.4, 0.5) is 0 Å². The van der Waals surface area contributed by atoms with Gasteiger partial charge in [-0.05, 0) is 17.7 Å². The van der Waals surface area contributed by atoms with Crippen LogP contribution in [-0.2, 0) is 20.8 Å². The van der Waals surface area contributed by atoms with Crippen LogP contribution in [0.3, 0.4) is 0 Å². The van der Waals surface area contributed by atoms with Gasteiger partial charge in [-0.15, -0.1) is 0 Å². The van der Waals surface area contributed by atoms with Gasteiger partial charge in [0.1, 0.15) is 11.8 Å². The lowest BCUT2D eigenvalue weighted by atomic mass is 10.1. The number of carboxylic acid groups (broad SMARTS) is 2. The Kier molecular flexibility index (Phi) is 4.87. The molecular formula is C12H13NO6. The fourth-order valence-electron chi connectivity index (χ4n) is 1.47. The molecule has 0 aliphatic heterocycles. The first-order valence-corrected chi connectivity index (χ1v) is 5.40. The van der Waals surface area contributed by atoms with Gasteiger partial charge in [0.2, 0.25) is 5.91 Å². The summed E-state index contributed by atoms with van der Waals surface area (Å²) in [5, 5.41) is 28.6. The lowest BCUT2D eigenvalue weighted by Gasteiger charge is -2.12. The number of phenols is 1. The van der Waals surface area contributed by atoms with E-state index in [2.05, 4.69) is 5.32 Å². The Morgan fingerprint density at radius 2 is 1.89 bits per heavy atom. The van der Waals surface area contributed by atoms with E-state index in [1.807, 2.05) is 0 Å². The number of hydrogen-bond donors (Lipinski definition) is 4. The molecule has 0 heterocycles. The van der Waals surface area contributed by atoms with Crippen LogP contribution >= 0.6 is 0 Å². The Balaban J connectivity index is 2.62. The Hall–Kier alpha value is -2.57. The van der Waals surface area contributed by atoms with Gasteiger partial charge >= 0.3 is 11.9 Å². The smallest absolute Gasteiger partial charge is 0.326 e. The SMILES string of the molecule is O=C(O)C[C@@H](NC(=O)Cc1cccc(O)c1)C(=O)O. The maximum Gasteiger partial charge on any atom is 0.326 e. The number of amides is 1. The Labute approximate surface area is 108 Å². The first-order chi connectivity index (χ1) is 8.88. The zero-order valence-corrected chi connectivity index (χ0v) is 9.87. The molecule has 0 unspecified atom stereocenters. The monoisotopic (exact) mass is 267 g/mol. The van der Waals surface area contributed by atoms with Crippen molar-refractivity contribution in [3.63, 3.8) is 0 Å². The zero-order chi connectivity index (χ0) is 14.4. The predicted octanol–water partition coefficient (Wildman–Crippen LogP) is -0.0212. The summed E-state index contributed by atoms with van der Waals surface area (Å²) in [7, 11) is 0. The quantitative estimate of drug-likeness (QED) is 0.574. The van der Waals surface area contributed by atoms with Gasteiger partial charge in [0.05, 0.1) is 12.8 Å². The Bertz CT molecular complexity index is 499. The lowest BCUT2D eigenvalue weighted by Crippen LogP contribution is -2.42. The van der Waals surface area contributed by atoms with E-state index in [9.17, 15) is 19.5 Å². The third-order valence-electron chi connectivity index (χ3n) is 2.29. The average Bonchev–Trinajstić information content (AvgIpc) is 2.27. The Morgan fingerprint density at radius 3 is 2.42 bits per heavy atom. The van der Waals surface area contributed by atoms with E-state index in [4.69, 9.17) is 10.2 Å². The fraction of sp³-hybridized carbons (Fsp3) is 0.250. The molecule has 0 aliphatic carbocycles. The molecule has 0 saturated carbocycles. The highest BCUT2D eigenvalue weighted by Gasteiger charge is 2.22. The number of nitrogens with one attached hydrogen (secondary N) is 1. The second kappa shape index (κ2) is 6.39. The molecule has 0 saturated heterocycles. The molecule has 1 aromatic carbocycles. The van der Waals surface area contributed by atoms with Crippen molar-refractivity contribution < 1.29 is 29.7 Å². The number of phenolic OH excluding ortho intramolecular Hbond substituents is 1. The lowest BCUT2D eigenvalue weighted by molar-refractivity contribution is -0.147. The van der Waals surface area contributed by atoms with E-state index in [-0.39, 0.29) is 12.2 Å². The highest BCUT2D eigenvalue weighted by atomic mass is 16.4. The minimum Gasteiger partial charge on any atom is -0.508 e. The summed E-state index contributed by atoms with van der Waals surface area (Å²) < 4.78 is 0. The minimum atomic E-state index is -1.47. The summed E-state index contributed by atoms with van der Waals surface area (Å²) in [5.74, 6) is -3.36. The molecule has 7 heteroatoms. The summed E-state index contributed by atoms with van der Waals surface area (Å²) in [5.41, 5.74) is 0.497. The third kappa shape index (κ3) is 5.07. The molecule has 0 radical (unpaired) electrons. The van der Waals surface area contributed by atoms with Gasteiger partial charge in [-0.25, -0.2) is 4.79 Å². The van der Waals surface area contributed by atoms with Crippen LogP contribution < -0.4 is 5.32 Å². The van der Waals surface area contributed by atoms with Crippen LogP contribution in [0.2, 0.25) is 0 Å². The van der Waals surface area contributed by atoms with Crippen LogP contribution in [0.15, 0.2) is 24.3 Å². The minimum absolute atomic E-state index is 0.00868. The highest BCUT2D eigenvalue weighted by molar-refractivity contribution is 5.87. The number of carbonyl (C=O) groups excluding carboxylic acids is 1. The van der Waals surface area contributed by atoms with Crippen LogP contribution in [0.5, 0.6) is 5.75 Å². The highest BCUT2D eigenvalue weighted by Crippen LogP contribution is 2.11. The van der Waals surface area contributed by atoms with E-state index in [0.29, 0.717) is 5.56 Å². The molecule has 0 spiro atoms. The second-order valence-electron chi connectivity index (χ2n) is 3.90. The maximum absolute atomic E-state index is 11.6. The molecule has 0 aromatic heterocycles. The molecule has 0 aliphatic rings. The summed E-state index contributed by atoms with van der Waals surface area (Å²) in [6, 6.07) is 4.47. The molecule has 0 bridgehead atoms. The van der Waals surface area contributed by atoms with E-state index < -0.39 is 30.3 Å². The molecule has 7 nitrogen and oxygen atoms in total. The number of carbonyl (C=O) groups is 3. The standard InChI is InChI=1S/C12H13NO6/c14-8-3-1-2-7(4-8)5-10(15)13-9(12(18)19)6-11(16)17/h1-4,9,14H,5-6H2,(H,13,15)(H,16,17)(H,18,19)/t9-/m1/s1. The van der Waals surface area contributed by atoms with E-state index in [0.717, 1.165) is 0 Å². The molecule has 1 atom stereocenters. The van der Waals surface area contributed by atoms with Crippen molar-refractivity contribution in [2.45, 2.75) is 18.9 Å². The maximum atomic E-state index is 11.6. The van der Waals surface area contributed by atoms with Crippen LogP contribution in [0, 0.1) is 0 Å². The van der Waals surface area contributed by atoms with Crippen LogP contribution in [-0.4, -0.2) is 39.2 Å². The summed E-state index contributed by atoms with van der Waals surface area (Å²) >= 11 is 0. The second-order valence-corrected chi connectivity index (χ2v) is 3.90. The predicted molar refractivity (Wildman–Crippen MR) is 63.6 cm³/mol. The van der Waals surface area contributed by atoms with E-state index in [1.165, 1.54) is 12.1 Å². The zero-order valence-electron chi connectivity index (χ0n) is 9.87. The molecule has 4 N–H and O–H groups in total. The fourth-order valence-corrected chi connectivity index (χ4v) is 1.47. The van der Waals surface area contributed by atoms with E-state index in [1.54, 1.807) is 12.1 Å². The first kappa shape index (κ1) is 14.5. The van der Waals surface area contributed by atoms with Crippen molar-refractivity contribution in [3.05, 3.63) is 29.8 Å². The van der Waals surface area contributed by atoms with Gasteiger partial charge in [0, 0.05) is 0 Å². The normalized spacial score (nSPS) is 11.6. The van der Waals surface area contributed by atoms with Crippen molar-refractivity contribution in [1.82, 2.24) is 5.32 Å². The van der Waals surface area contributed by atoms with Crippen LogP contribution in [0.1, 0.15) is 12.0 Å². The molecule has 1 amide bonds. The van der Waals surface area contributed by atoms with Gasteiger partial charge in [-0.1, -0.05) is 12.1 Å². The molecule has 1 rings (SSSR count). The molecular weight excluding hydrogens is 254 g/mol. The van der Waals surface area contributed by atoms with Crippen LogP contribution in [0.25, 0.3) is 0 Å². The van der Waals surface area contributed by atoms with Gasteiger partial charge in [0.25, 0.3) is 0 Å². The van der Waals surface area contributed by atoms with Crippen molar-refractivity contribution >= 4 is 17.8 Å². The number of rotatable bonds is 6. The van der Waals surface area contributed by atoms with Crippen molar-refractivity contribution in [3.8, 4) is 5.75 Å². The average molecular weight is 267 g/mol. The summed E-state index contributed by atoms with van der Waals surface area (Å²) in [6.45, 7) is 0. The largest absolute Gasteiger partial charge is 0.508 e. The van der Waals surface area contributed by atoms with Gasteiger partial charge in [-0.3, -0.25) is 9.59 Å². The number of hydrogen-bond acceptors (Lipinski definition) is 4. The molecule has 102 valence electrons.